The van der Waals surface area contributed by atoms with E-state index in [0.29, 0.717) is 12.8 Å². The Morgan fingerprint density at radius 1 is 1.00 bits per heavy atom. The Morgan fingerprint density at radius 2 is 1.69 bits per heavy atom. The van der Waals surface area contributed by atoms with Gasteiger partial charge in [-0.1, -0.05) is 0 Å². The number of carbonyl (C=O) groups is 1. The van der Waals surface area contributed by atoms with Gasteiger partial charge in [0.15, 0.2) is 0 Å². The zero-order valence-corrected chi connectivity index (χ0v) is 21.4. The Hall–Kier alpha value is -2.58. The Morgan fingerprint density at radius 3 is 2.36 bits per heavy atom. The predicted molar refractivity (Wildman–Crippen MR) is 129 cm³/mol. The van der Waals surface area contributed by atoms with E-state index in [1.54, 1.807) is 0 Å². The molecule has 2 saturated heterocycles. The molecule has 196 valence electrons. The summed E-state index contributed by atoms with van der Waals surface area (Å²) in [6.45, 7) is 1.20. The molecule has 0 aliphatic carbocycles. The molecule has 0 aromatic heterocycles. The van der Waals surface area contributed by atoms with Crippen LogP contribution in [0.25, 0.3) is 0 Å². The first-order chi connectivity index (χ1) is 17.1. The molecule has 2 fully saturated rings. The third-order valence-electron chi connectivity index (χ3n) is 6.23. The molecule has 1 N–H and O–H groups in total. The van der Waals surface area contributed by atoms with Crippen molar-refractivity contribution in [3.8, 4) is 5.75 Å². The van der Waals surface area contributed by atoms with Crippen LogP contribution in [0.5, 0.6) is 5.75 Å². The number of sulfonamides is 2. The topological polar surface area (TPSA) is 122 Å². The van der Waals surface area contributed by atoms with Gasteiger partial charge in [-0.25, -0.2) is 21.2 Å². The highest BCUT2D eigenvalue weighted by Crippen LogP contribution is 2.31. The number of halogens is 1. The van der Waals surface area contributed by atoms with Gasteiger partial charge in [0.05, 0.1) is 31.1 Å². The lowest BCUT2D eigenvalue weighted by Crippen LogP contribution is -2.43. The fraction of sp³-hybridized carbons (Fsp3) is 0.435. The number of ether oxygens (including phenoxy) is 2. The number of rotatable bonds is 7. The fourth-order valence-corrected chi connectivity index (χ4v) is 7.37. The lowest BCUT2D eigenvalue weighted by Gasteiger charge is -2.31. The maximum atomic E-state index is 13.2. The van der Waals surface area contributed by atoms with Crippen LogP contribution in [-0.2, 0) is 29.6 Å². The number of nitrogens with zero attached hydrogens (tertiary/aromatic N) is 2. The van der Waals surface area contributed by atoms with Crippen molar-refractivity contribution in [3.05, 3.63) is 48.3 Å². The molecule has 13 heteroatoms. The molecule has 2 aliphatic rings. The Balaban J connectivity index is 1.51. The molecule has 2 heterocycles. The van der Waals surface area contributed by atoms with E-state index in [1.807, 2.05) is 0 Å². The fourth-order valence-electron chi connectivity index (χ4n) is 4.26. The molecule has 2 aromatic carbocycles. The quantitative estimate of drug-likeness (QED) is 0.568. The first-order valence-electron chi connectivity index (χ1n) is 11.5. The van der Waals surface area contributed by atoms with Gasteiger partial charge in [0, 0.05) is 31.9 Å². The lowest BCUT2D eigenvalue weighted by molar-refractivity contribution is -0.120. The molecular formula is C23H28FN3O7S2. The van der Waals surface area contributed by atoms with Crippen LogP contribution in [0.4, 0.5) is 10.1 Å². The van der Waals surface area contributed by atoms with Gasteiger partial charge in [0.25, 0.3) is 0 Å². The largest absolute Gasteiger partial charge is 0.495 e. The van der Waals surface area contributed by atoms with E-state index in [0.717, 1.165) is 12.1 Å². The highest BCUT2D eigenvalue weighted by molar-refractivity contribution is 7.89. The number of anilines is 1. The van der Waals surface area contributed by atoms with Crippen LogP contribution < -0.4 is 10.1 Å². The number of carbonyl (C=O) groups excluding carboxylic acids is 1. The van der Waals surface area contributed by atoms with Crippen molar-refractivity contribution in [2.45, 2.75) is 22.6 Å². The van der Waals surface area contributed by atoms with E-state index >= 15 is 0 Å². The summed E-state index contributed by atoms with van der Waals surface area (Å²) in [5.74, 6) is -1.46. The SMILES string of the molecule is COc1ccc(NC(=O)[C@@H]2CCCN(S(=O)(=O)c3ccc(F)cc3)C2)cc1S(=O)(=O)N1CCOCC1. The molecule has 0 unspecified atom stereocenters. The highest BCUT2D eigenvalue weighted by atomic mass is 32.2. The molecule has 0 bridgehead atoms. The number of amides is 1. The van der Waals surface area contributed by atoms with Gasteiger partial charge in [0.2, 0.25) is 26.0 Å². The van der Waals surface area contributed by atoms with Crippen molar-refractivity contribution < 1.29 is 35.5 Å². The number of nitrogens with one attached hydrogen (secondary N) is 1. The number of hydrogen-bond donors (Lipinski definition) is 1. The Labute approximate surface area is 210 Å². The zero-order chi connectivity index (χ0) is 25.9. The predicted octanol–water partition coefficient (Wildman–Crippen LogP) is 1.89. The van der Waals surface area contributed by atoms with Crippen molar-refractivity contribution in [2.24, 2.45) is 5.92 Å². The maximum Gasteiger partial charge on any atom is 0.246 e. The minimum atomic E-state index is -3.89. The summed E-state index contributed by atoms with van der Waals surface area (Å²) >= 11 is 0. The summed E-state index contributed by atoms with van der Waals surface area (Å²) in [4.78, 5) is 12.9. The number of morpholine rings is 1. The number of piperidine rings is 1. The minimum Gasteiger partial charge on any atom is -0.495 e. The second-order valence-electron chi connectivity index (χ2n) is 8.53. The van der Waals surface area contributed by atoms with Crippen LogP contribution in [0.2, 0.25) is 0 Å². The third kappa shape index (κ3) is 5.54. The minimum absolute atomic E-state index is 0.0410. The number of methoxy groups -OCH3 is 1. The summed E-state index contributed by atoms with van der Waals surface area (Å²) in [7, 11) is -6.41. The Kier molecular flexibility index (Phi) is 7.95. The highest BCUT2D eigenvalue weighted by Gasteiger charge is 2.34. The smallest absolute Gasteiger partial charge is 0.246 e. The summed E-state index contributed by atoms with van der Waals surface area (Å²) in [5, 5.41) is 2.72. The van der Waals surface area contributed by atoms with Gasteiger partial charge < -0.3 is 14.8 Å². The molecule has 0 radical (unpaired) electrons. The van der Waals surface area contributed by atoms with Crippen LogP contribution in [0.15, 0.2) is 52.3 Å². The van der Waals surface area contributed by atoms with E-state index in [-0.39, 0.29) is 60.6 Å². The summed E-state index contributed by atoms with van der Waals surface area (Å²) in [6, 6.07) is 8.89. The van der Waals surface area contributed by atoms with Crippen LogP contribution in [0.3, 0.4) is 0 Å². The summed E-state index contributed by atoms with van der Waals surface area (Å²) in [6.07, 6.45) is 0.939. The molecule has 2 aromatic rings. The van der Waals surface area contributed by atoms with Crippen molar-refractivity contribution in [2.75, 3.05) is 51.8 Å². The van der Waals surface area contributed by atoms with Gasteiger partial charge >= 0.3 is 0 Å². The summed E-state index contributed by atoms with van der Waals surface area (Å²) < 4.78 is 78.6. The van der Waals surface area contributed by atoms with Crippen LogP contribution >= 0.6 is 0 Å². The maximum absolute atomic E-state index is 13.2. The molecule has 2 aliphatic heterocycles. The first kappa shape index (κ1) is 26.5. The monoisotopic (exact) mass is 541 g/mol. The van der Waals surface area contributed by atoms with Crippen molar-refractivity contribution in [1.82, 2.24) is 8.61 Å². The van der Waals surface area contributed by atoms with Crippen LogP contribution in [0.1, 0.15) is 12.8 Å². The average Bonchev–Trinajstić information content (AvgIpc) is 2.89. The van der Waals surface area contributed by atoms with E-state index in [2.05, 4.69) is 5.32 Å². The molecule has 0 spiro atoms. The average molecular weight is 542 g/mol. The van der Waals surface area contributed by atoms with Crippen molar-refractivity contribution in [3.63, 3.8) is 0 Å². The number of hydrogen-bond acceptors (Lipinski definition) is 7. The van der Waals surface area contributed by atoms with Gasteiger partial charge in [-0.05, 0) is 55.3 Å². The normalized spacial score (nSPS) is 20.1. The van der Waals surface area contributed by atoms with E-state index in [1.165, 1.54) is 46.1 Å². The third-order valence-corrected chi connectivity index (χ3v) is 10.0. The van der Waals surface area contributed by atoms with Crippen LogP contribution in [-0.4, -0.2) is 77.9 Å². The molecular weight excluding hydrogens is 513 g/mol. The molecule has 0 saturated carbocycles. The van der Waals surface area contributed by atoms with E-state index in [4.69, 9.17) is 9.47 Å². The van der Waals surface area contributed by atoms with Crippen molar-refractivity contribution in [1.29, 1.82) is 0 Å². The molecule has 1 amide bonds. The molecule has 4 rings (SSSR count). The van der Waals surface area contributed by atoms with Gasteiger partial charge in [-0.2, -0.15) is 8.61 Å². The zero-order valence-electron chi connectivity index (χ0n) is 19.7. The molecule has 1 atom stereocenters. The summed E-state index contributed by atoms with van der Waals surface area (Å²) in [5.41, 5.74) is 0.256. The lowest BCUT2D eigenvalue weighted by atomic mass is 9.98. The second-order valence-corrected chi connectivity index (χ2v) is 12.4. The van der Waals surface area contributed by atoms with Crippen LogP contribution in [0, 0.1) is 11.7 Å². The van der Waals surface area contributed by atoms with Gasteiger partial charge in [-0.3, -0.25) is 4.79 Å². The van der Waals surface area contributed by atoms with Gasteiger partial charge in [0.1, 0.15) is 16.5 Å². The molecule has 36 heavy (non-hydrogen) atoms. The van der Waals surface area contributed by atoms with Gasteiger partial charge in [-0.15, -0.1) is 0 Å². The number of benzene rings is 2. The molecule has 10 nitrogen and oxygen atoms in total. The van der Waals surface area contributed by atoms with E-state index < -0.39 is 37.7 Å². The Bertz CT molecular complexity index is 1310. The standard InChI is InChI=1S/C23H28FN3O7S2/c1-33-21-9-6-19(15-22(21)36(31,32)26-11-13-34-14-12-26)25-23(28)17-3-2-10-27(16-17)35(29,30)20-7-4-18(24)5-8-20/h4-9,15,17H,2-3,10-14,16H2,1H3,(H,25,28)/t17-/m1/s1. The van der Waals surface area contributed by atoms with Crippen molar-refractivity contribution >= 4 is 31.6 Å². The van der Waals surface area contributed by atoms with E-state index in [9.17, 15) is 26.0 Å². The second kappa shape index (κ2) is 10.8. The first-order valence-corrected chi connectivity index (χ1v) is 14.3.